The van der Waals surface area contributed by atoms with Crippen molar-refractivity contribution in [3.05, 3.63) is 82.2 Å². The van der Waals surface area contributed by atoms with Crippen molar-refractivity contribution in [2.24, 2.45) is 0 Å². The molecule has 0 N–H and O–H groups in total. The van der Waals surface area contributed by atoms with Crippen LogP contribution in [0, 0.1) is 0 Å². The van der Waals surface area contributed by atoms with Crippen LogP contribution in [0.3, 0.4) is 0 Å². The number of fused-ring (bicyclic) bond motifs is 4. The van der Waals surface area contributed by atoms with Gasteiger partial charge >= 0.3 is 0 Å². The second-order valence-electron chi connectivity index (χ2n) is 5.04. The molecule has 0 bridgehead atoms. The average molecular weight is 242 g/mol. The van der Waals surface area contributed by atoms with Crippen LogP contribution in [0.4, 0.5) is 0 Å². The fraction of sp³-hybridized carbons (Fsp3) is 0.0526. The predicted molar refractivity (Wildman–Crippen MR) is 81.4 cm³/mol. The maximum absolute atomic E-state index is 2.36. The molecular formula is C19H14. The highest BCUT2D eigenvalue weighted by atomic mass is 14.1. The van der Waals surface area contributed by atoms with Gasteiger partial charge in [-0.3, -0.25) is 0 Å². The Kier molecular flexibility index (Phi) is 2.28. The van der Waals surface area contributed by atoms with Crippen LogP contribution in [0.15, 0.2) is 60.7 Å². The van der Waals surface area contributed by atoms with Crippen LogP contribution in [0.5, 0.6) is 0 Å². The molecule has 0 radical (unpaired) electrons. The Balaban J connectivity index is 2.15. The molecule has 0 fully saturated rings. The van der Waals surface area contributed by atoms with Crippen LogP contribution >= 0.6 is 0 Å². The molecule has 3 aromatic rings. The van der Waals surface area contributed by atoms with Crippen molar-refractivity contribution >= 4 is 22.9 Å². The summed E-state index contributed by atoms with van der Waals surface area (Å²) in [6.45, 7) is 0. The van der Waals surface area contributed by atoms with E-state index in [4.69, 9.17) is 0 Å². The molecule has 0 saturated heterocycles. The van der Waals surface area contributed by atoms with Gasteiger partial charge in [0.05, 0.1) is 0 Å². The fourth-order valence-corrected chi connectivity index (χ4v) is 2.91. The van der Waals surface area contributed by atoms with Crippen molar-refractivity contribution in [2.75, 3.05) is 0 Å². The molecule has 4 rings (SSSR count). The van der Waals surface area contributed by atoms with E-state index in [9.17, 15) is 0 Å². The number of hydrogen-bond donors (Lipinski definition) is 0. The maximum Gasteiger partial charge on any atom is -0.00821 e. The summed E-state index contributed by atoms with van der Waals surface area (Å²) in [5, 5.41) is 5.36. The van der Waals surface area contributed by atoms with Gasteiger partial charge in [0.2, 0.25) is 0 Å². The summed E-state index contributed by atoms with van der Waals surface area (Å²) in [4.78, 5) is 0. The van der Waals surface area contributed by atoms with E-state index in [1.54, 1.807) is 0 Å². The Labute approximate surface area is 112 Å². The molecule has 0 amide bonds. The molecule has 0 unspecified atom stereocenters. The highest BCUT2D eigenvalue weighted by molar-refractivity contribution is 5.84. The van der Waals surface area contributed by atoms with E-state index in [-0.39, 0.29) is 0 Å². The Morgan fingerprint density at radius 3 is 2.58 bits per heavy atom. The van der Waals surface area contributed by atoms with Crippen molar-refractivity contribution in [3.63, 3.8) is 0 Å². The van der Waals surface area contributed by atoms with E-state index in [1.165, 1.54) is 32.3 Å². The molecule has 0 atom stereocenters. The van der Waals surface area contributed by atoms with Crippen molar-refractivity contribution in [3.8, 4) is 0 Å². The molecule has 1 aliphatic rings. The lowest BCUT2D eigenvalue weighted by atomic mass is 10.1. The largest absolute Gasteiger partial charge is 0.0716 e. The molecule has 0 heteroatoms. The van der Waals surface area contributed by atoms with Crippen molar-refractivity contribution in [2.45, 2.75) is 6.42 Å². The van der Waals surface area contributed by atoms with Gasteiger partial charge in [0.25, 0.3) is 0 Å². The van der Waals surface area contributed by atoms with Gasteiger partial charge in [0.1, 0.15) is 0 Å². The van der Waals surface area contributed by atoms with E-state index < -0.39 is 0 Å². The highest BCUT2D eigenvalue weighted by Gasteiger charge is 2.03. The van der Waals surface area contributed by atoms with Crippen LogP contribution < -0.4 is 10.4 Å². The minimum atomic E-state index is 1.01. The van der Waals surface area contributed by atoms with E-state index in [2.05, 4.69) is 72.8 Å². The monoisotopic (exact) mass is 242 g/mol. The van der Waals surface area contributed by atoms with E-state index in [0.29, 0.717) is 0 Å². The van der Waals surface area contributed by atoms with Gasteiger partial charge in [-0.1, -0.05) is 66.7 Å². The minimum Gasteiger partial charge on any atom is -0.0716 e. The Hall–Kier alpha value is -2.34. The van der Waals surface area contributed by atoms with Gasteiger partial charge in [-0.25, -0.2) is 0 Å². The lowest BCUT2D eigenvalue weighted by molar-refractivity contribution is 1.32. The predicted octanol–water partition coefficient (Wildman–Crippen LogP) is 3.01. The van der Waals surface area contributed by atoms with Crippen LogP contribution in [0.2, 0.25) is 0 Å². The van der Waals surface area contributed by atoms with Crippen molar-refractivity contribution < 1.29 is 0 Å². The van der Waals surface area contributed by atoms with Gasteiger partial charge in [-0.15, -0.1) is 0 Å². The molecule has 0 aromatic heterocycles. The van der Waals surface area contributed by atoms with Gasteiger partial charge in [0.15, 0.2) is 0 Å². The van der Waals surface area contributed by atoms with Crippen molar-refractivity contribution in [1.29, 1.82) is 0 Å². The molecule has 0 saturated carbocycles. The molecule has 0 heterocycles. The topological polar surface area (TPSA) is 0 Å². The Morgan fingerprint density at radius 1 is 0.737 bits per heavy atom. The Bertz CT molecular complexity index is 885. The van der Waals surface area contributed by atoms with Gasteiger partial charge in [-0.05, 0) is 44.8 Å². The zero-order valence-electron chi connectivity index (χ0n) is 10.6. The van der Waals surface area contributed by atoms with Crippen molar-refractivity contribution in [1.82, 2.24) is 0 Å². The normalized spacial score (nSPS) is 12.8. The van der Waals surface area contributed by atoms with E-state index >= 15 is 0 Å². The summed E-state index contributed by atoms with van der Waals surface area (Å²) in [6.07, 6.45) is 5.67. The summed E-state index contributed by atoms with van der Waals surface area (Å²) in [6, 6.07) is 21.7. The smallest absolute Gasteiger partial charge is 0.00821 e. The molecule has 0 spiro atoms. The molecule has 19 heavy (non-hydrogen) atoms. The molecule has 0 nitrogen and oxygen atoms in total. The van der Waals surface area contributed by atoms with Crippen LogP contribution in [0.1, 0.15) is 11.1 Å². The summed E-state index contributed by atoms with van der Waals surface area (Å²) >= 11 is 0. The highest BCUT2D eigenvalue weighted by Crippen LogP contribution is 2.13. The first-order valence-electron chi connectivity index (χ1n) is 6.69. The van der Waals surface area contributed by atoms with Gasteiger partial charge in [-0.2, -0.15) is 0 Å². The maximum atomic E-state index is 2.36. The van der Waals surface area contributed by atoms with E-state index in [0.717, 1.165) is 6.42 Å². The molecule has 0 aliphatic heterocycles. The third-order valence-corrected chi connectivity index (χ3v) is 3.90. The summed E-state index contributed by atoms with van der Waals surface area (Å²) < 4.78 is 0. The van der Waals surface area contributed by atoms with Gasteiger partial charge in [0, 0.05) is 0 Å². The lowest BCUT2D eigenvalue weighted by Crippen LogP contribution is -2.24. The summed E-state index contributed by atoms with van der Waals surface area (Å²) in [5.74, 6) is 0. The molecule has 3 aromatic carbocycles. The number of rotatable bonds is 0. The number of hydrogen-bond acceptors (Lipinski definition) is 0. The third kappa shape index (κ3) is 1.68. The standard InChI is InChI=1S/C19H14/c1-2-7-16-13-17-10-9-15-6-3-4-8-18(15)19(17)12-11-14(16)5-1/h1-10,12-13H,11H2. The molecule has 90 valence electrons. The quantitative estimate of drug-likeness (QED) is 0.568. The first-order valence-corrected chi connectivity index (χ1v) is 6.69. The SMILES string of the molecule is C1=c2ccc3ccccc3c2=CCc2ccccc21. The Morgan fingerprint density at radius 2 is 1.58 bits per heavy atom. The first kappa shape index (κ1) is 10.6. The fourth-order valence-electron chi connectivity index (χ4n) is 2.91. The summed E-state index contributed by atoms with van der Waals surface area (Å²) in [7, 11) is 0. The zero-order valence-corrected chi connectivity index (χ0v) is 10.6. The average Bonchev–Trinajstić information content (AvgIpc) is 2.66. The minimum absolute atomic E-state index is 1.01. The van der Waals surface area contributed by atoms with E-state index in [1.807, 2.05) is 0 Å². The molecular weight excluding hydrogens is 228 g/mol. The van der Waals surface area contributed by atoms with Crippen LogP contribution in [-0.4, -0.2) is 0 Å². The van der Waals surface area contributed by atoms with Crippen LogP contribution in [0.25, 0.3) is 22.9 Å². The zero-order chi connectivity index (χ0) is 12.7. The second kappa shape index (κ2) is 4.10. The first-order chi connectivity index (χ1) is 9.42. The third-order valence-electron chi connectivity index (χ3n) is 3.90. The van der Waals surface area contributed by atoms with Gasteiger partial charge < -0.3 is 0 Å². The number of benzene rings is 3. The lowest BCUT2D eigenvalue weighted by Gasteiger charge is -1.99. The summed E-state index contributed by atoms with van der Waals surface area (Å²) in [5.41, 5.74) is 2.75. The second-order valence-corrected chi connectivity index (χ2v) is 5.04. The van der Waals surface area contributed by atoms with Crippen LogP contribution in [-0.2, 0) is 6.42 Å². The molecule has 1 aliphatic carbocycles.